The molecule has 2 aliphatic carbocycles. The summed E-state index contributed by atoms with van der Waals surface area (Å²) in [5.74, 6) is 1.67. The van der Waals surface area contributed by atoms with Gasteiger partial charge in [-0.05, 0) is 60.5 Å². The summed E-state index contributed by atoms with van der Waals surface area (Å²) >= 11 is 1.56. The van der Waals surface area contributed by atoms with Gasteiger partial charge in [-0.3, -0.25) is 0 Å². The van der Waals surface area contributed by atoms with Crippen LogP contribution < -0.4 is 19.1 Å². The molecule has 2 fully saturated rings. The van der Waals surface area contributed by atoms with Crippen LogP contribution in [0.25, 0.3) is 0 Å². The van der Waals surface area contributed by atoms with E-state index in [-0.39, 0.29) is 20.4 Å². The molecule has 3 aromatic rings. The van der Waals surface area contributed by atoms with Gasteiger partial charge in [0.25, 0.3) is 12.4 Å². The summed E-state index contributed by atoms with van der Waals surface area (Å²) < 4.78 is 22.1. The van der Waals surface area contributed by atoms with Gasteiger partial charge in [0.2, 0.25) is 0 Å². The Hall–Kier alpha value is -1.20. The molecule has 0 unspecified atom stereocenters. The molecule has 5 rings (SSSR count). The zero-order valence-electron chi connectivity index (χ0n) is 23.3. The molecule has 2 aliphatic rings. The van der Waals surface area contributed by atoms with E-state index in [1.54, 1.807) is 61.7 Å². The number of hydrogen-bond donors (Lipinski definition) is 0. The van der Waals surface area contributed by atoms with Crippen molar-refractivity contribution in [1.29, 1.82) is 0 Å². The maximum absolute atomic E-state index is 11.9. The zero-order chi connectivity index (χ0) is 28.6. The van der Waals surface area contributed by atoms with Crippen LogP contribution in [0.3, 0.4) is 0 Å². The average molecular weight is 785 g/mol. The van der Waals surface area contributed by atoms with Gasteiger partial charge in [0.15, 0.2) is 0 Å². The first kappa shape index (κ1) is 33.3. The summed E-state index contributed by atoms with van der Waals surface area (Å²) in [6, 6.07) is 26.1. The van der Waals surface area contributed by atoms with Crippen LogP contribution in [0.5, 0.6) is 17.2 Å². The second-order valence-electron chi connectivity index (χ2n) is 10.3. The van der Waals surface area contributed by atoms with Crippen LogP contribution in [0.4, 0.5) is 9.57 Å². The number of nitrogens with zero attached hydrogens (tertiary/aromatic N) is 1. The summed E-state index contributed by atoms with van der Waals surface area (Å²) in [6.07, 6.45) is 14.8. The number of rotatable bonds is 8. The molecule has 0 radical (unpaired) electrons. The third-order valence-electron chi connectivity index (χ3n) is 7.43. The van der Waals surface area contributed by atoms with E-state index in [2.05, 4.69) is 62.7 Å². The standard InChI is InChI=1S/C20H32NP.C12H8FO2S.Au.ClH/c1-21(2)19-15-9-10-16-20(19)22(17-11-5-3-6-12-17)18-13-7-4-8-14-18;13-16-15-12-8-4-7-11(9-12)14-10-5-2-1-3-6-10;;/h9-10,15-18H,3-8,11-14H2,1-2H3;1-2,4-9H;;1H/q;-1;+1;/p-1. The fourth-order valence-electron chi connectivity index (χ4n) is 5.67. The molecule has 0 saturated heterocycles. The first-order chi connectivity index (χ1) is 19.7. The fraction of sp³-hybridized carbons (Fsp3) is 0.438. The second kappa shape index (κ2) is 19.1. The normalized spacial score (nSPS) is 15.8. The first-order valence-corrected chi connectivity index (χ1v) is 18.8. The van der Waals surface area contributed by atoms with Crippen molar-refractivity contribution in [3.8, 4) is 17.2 Å². The van der Waals surface area contributed by atoms with Crippen molar-refractivity contribution < 1.29 is 32.8 Å². The van der Waals surface area contributed by atoms with Gasteiger partial charge in [-0.1, -0.05) is 70.7 Å². The number of ether oxygens (including phenoxy) is 1. The fourth-order valence-corrected chi connectivity index (χ4v) is 9.87. The summed E-state index contributed by atoms with van der Waals surface area (Å²) in [5, 5.41) is 1.71. The van der Waals surface area contributed by atoms with Crippen molar-refractivity contribution in [2.75, 3.05) is 19.0 Å². The summed E-state index contributed by atoms with van der Waals surface area (Å²) in [5.41, 5.74) is 3.48. The van der Waals surface area contributed by atoms with E-state index in [0.29, 0.717) is 17.2 Å². The minimum atomic E-state index is -0.192. The van der Waals surface area contributed by atoms with Gasteiger partial charge in [-0.15, -0.1) is 16.0 Å². The molecule has 40 heavy (non-hydrogen) atoms. The van der Waals surface area contributed by atoms with Crippen LogP contribution in [0, 0.1) is 6.07 Å². The Morgan fingerprint density at radius 1 is 0.825 bits per heavy atom. The van der Waals surface area contributed by atoms with Crippen molar-refractivity contribution in [3.05, 3.63) is 78.9 Å². The van der Waals surface area contributed by atoms with Gasteiger partial charge < -0.3 is 13.8 Å². The van der Waals surface area contributed by atoms with Crippen molar-refractivity contribution in [2.24, 2.45) is 0 Å². The second-order valence-corrected chi connectivity index (χ2v) is 13.4. The van der Waals surface area contributed by atoms with Crippen LogP contribution in [0.2, 0.25) is 0 Å². The number of halogens is 2. The molecule has 0 aliphatic heterocycles. The van der Waals surface area contributed by atoms with Crippen LogP contribution in [-0.2, 0) is 20.0 Å². The Morgan fingerprint density at radius 3 is 2.00 bits per heavy atom. The van der Waals surface area contributed by atoms with Gasteiger partial charge in [0.1, 0.15) is 11.5 Å². The Labute approximate surface area is 262 Å². The molecule has 0 bridgehead atoms. The van der Waals surface area contributed by atoms with Crippen molar-refractivity contribution >= 4 is 40.5 Å². The molecule has 0 spiro atoms. The van der Waals surface area contributed by atoms with Crippen molar-refractivity contribution in [1.82, 2.24) is 0 Å². The van der Waals surface area contributed by atoms with Gasteiger partial charge in [0, 0.05) is 31.6 Å². The van der Waals surface area contributed by atoms with E-state index in [1.165, 1.54) is 69.9 Å². The molecule has 0 heterocycles. The average Bonchev–Trinajstić information content (AvgIpc) is 3.01. The molecule has 3 nitrogen and oxygen atoms in total. The number of hydrogen-bond acceptors (Lipinski definition) is 4. The predicted octanol–water partition coefficient (Wildman–Crippen LogP) is 10.4. The summed E-state index contributed by atoms with van der Waals surface area (Å²) in [6.45, 7) is 0. The van der Waals surface area contributed by atoms with E-state index in [1.807, 2.05) is 12.1 Å². The zero-order valence-corrected chi connectivity index (χ0v) is 28.0. The molecule has 3 aromatic carbocycles. The SMILES string of the molecule is CN(C)c1ccccc1P(C1CCCCC1)C1CCCCC1.FSOc1cccc(Oc2c[c-]ccc2)c1.[Cl][Au]. The third-order valence-corrected chi connectivity index (χ3v) is 11.2. The van der Waals surface area contributed by atoms with E-state index in [9.17, 15) is 3.89 Å². The van der Waals surface area contributed by atoms with E-state index in [0.717, 1.165) is 11.3 Å². The summed E-state index contributed by atoms with van der Waals surface area (Å²) in [4.78, 5) is 2.34. The van der Waals surface area contributed by atoms with Crippen LogP contribution in [-0.4, -0.2) is 25.4 Å². The quantitative estimate of drug-likeness (QED) is 0.0982. The van der Waals surface area contributed by atoms with Gasteiger partial charge in [0.05, 0.1) is 0 Å². The predicted molar refractivity (Wildman–Crippen MR) is 168 cm³/mol. The number of para-hydroxylation sites is 1. The molecule has 8 heteroatoms. The Bertz CT molecular complexity index is 1080. The van der Waals surface area contributed by atoms with Crippen LogP contribution in [0.1, 0.15) is 64.2 Å². The van der Waals surface area contributed by atoms with Crippen LogP contribution in [0.15, 0.2) is 72.8 Å². The molecule has 0 amide bonds. The summed E-state index contributed by atoms with van der Waals surface area (Å²) in [7, 11) is 9.03. The monoisotopic (exact) mass is 784 g/mol. The van der Waals surface area contributed by atoms with Gasteiger partial charge in [-0.2, -0.15) is 18.2 Å². The van der Waals surface area contributed by atoms with Gasteiger partial charge in [-0.25, -0.2) is 0 Å². The Morgan fingerprint density at radius 2 is 1.43 bits per heavy atom. The number of benzene rings is 3. The van der Waals surface area contributed by atoms with Gasteiger partial charge >= 0.3 is 29.2 Å². The molecular formula is C32H40AuClFNO2PS-. The topological polar surface area (TPSA) is 21.7 Å². The molecule has 0 atom stereocenters. The molecular weight excluding hydrogens is 745 g/mol. The van der Waals surface area contributed by atoms with Crippen molar-refractivity contribution in [2.45, 2.75) is 75.5 Å². The third kappa shape index (κ3) is 10.6. The first-order valence-electron chi connectivity index (χ1n) is 14.0. The minimum absolute atomic E-state index is 0.0130. The Kier molecular flexibility index (Phi) is 15.9. The van der Waals surface area contributed by atoms with E-state index >= 15 is 0 Å². The van der Waals surface area contributed by atoms with E-state index in [4.69, 9.17) is 4.74 Å². The number of anilines is 1. The molecule has 2 saturated carbocycles. The molecule has 222 valence electrons. The maximum atomic E-state index is 11.9. The van der Waals surface area contributed by atoms with Crippen molar-refractivity contribution in [3.63, 3.8) is 0 Å². The molecule has 0 N–H and O–H groups in total. The Balaban J connectivity index is 0.000000217. The molecule has 0 aromatic heterocycles. The van der Waals surface area contributed by atoms with E-state index < -0.39 is 0 Å². The van der Waals surface area contributed by atoms with Crippen LogP contribution >= 0.6 is 29.5 Å².